The van der Waals surface area contributed by atoms with E-state index in [1.165, 1.54) is 24.3 Å². The maximum absolute atomic E-state index is 12.2. The van der Waals surface area contributed by atoms with E-state index >= 15 is 0 Å². The highest BCUT2D eigenvalue weighted by atomic mass is 35.5. The van der Waals surface area contributed by atoms with E-state index in [9.17, 15) is 14.9 Å². The Morgan fingerprint density at radius 1 is 1.30 bits per heavy atom. The zero-order valence-corrected chi connectivity index (χ0v) is 15.6. The topological polar surface area (TPSA) is 111 Å². The first-order valence-electron chi connectivity index (χ1n) is 7.64. The zero-order chi connectivity index (χ0) is 19.4. The van der Waals surface area contributed by atoms with Crippen LogP contribution in [0.15, 0.2) is 47.6 Å². The number of aromatic nitrogens is 3. The molecule has 8 nitrogen and oxygen atoms in total. The monoisotopic (exact) mass is 404 g/mol. The molecule has 1 aromatic heterocycles. The van der Waals surface area contributed by atoms with Crippen molar-refractivity contribution in [2.24, 2.45) is 0 Å². The quantitative estimate of drug-likeness (QED) is 0.274. The SMILES string of the molecule is COc1ccc(Cl)cc1-c1nc(SCC(=O)c2ccc([N+](=O)[O-])cc2)n[nH]1. The van der Waals surface area contributed by atoms with Crippen LogP contribution in [0.5, 0.6) is 5.75 Å². The minimum absolute atomic E-state index is 0.0618. The molecule has 0 saturated carbocycles. The molecule has 27 heavy (non-hydrogen) atoms. The van der Waals surface area contributed by atoms with Crippen molar-refractivity contribution in [3.8, 4) is 17.1 Å². The number of hydrogen-bond donors (Lipinski definition) is 1. The van der Waals surface area contributed by atoms with E-state index < -0.39 is 4.92 Å². The predicted molar refractivity (Wildman–Crippen MR) is 102 cm³/mol. The Morgan fingerprint density at radius 2 is 2.04 bits per heavy atom. The summed E-state index contributed by atoms with van der Waals surface area (Å²) in [4.78, 5) is 26.7. The fourth-order valence-electron chi connectivity index (χ4n) is 2.28. The molecule has 0 amide bonds. The van der Waals surface area contributed by atoms with Gasteiger partial charge in [-0.25, -0.2) is 4.98 Å². The number of non-ortho nitro benzene ring substituents is 1. The van der Waals surface area contributed by atoms with Crippen LogP contribution in [-0.4, -0.2) is 38.8 Å². The summed E-state index contributed by atoms with van der Waals surface area (Å²) in [7, 11) is 1.54. The summed E-state index contributed by atoms with van der Waals surface area (Å²) < 4.78 is 5.29. The second kappa shape index (κ2) is 8.19. The smallest absolute Gasteiger partial charge is 0.269 e. The number of carbonyl (C=O) groups is 1. The first-order chi connectivity index (χ1) is 13.0. The van der Waals surface area contributed by atoms with Crippen LogP contribution < -0.4 is 4.74 Å². The number of nitrogens with one attached hydrogen (secondary N) is 1. The highest BCUT2D eigenvalue weighted by Gasteiger charge is 2.14. The molecule has 0 atom stereocenters. The predicted octanol–water partition coefficient (Wildman–Crippen LogP) is 4.02. The number of ether oxygens (including phenoxy) is 1. The molecule has 138 valence electrons. The van der Waals surface area contributed by atoms with Crippen LogP contribution >= 0.6 is 23.4 Å². The third-order valence-electron chi connectivity index (χ3n) is 3.61. The minimum atomic E-state index is -0.512. The molecule has 1 heterocycles. The van der Waals surface area contributed by atoms with E-state index in [-0.39, 0.29) is 17.2 Å². The summed E-state index contributed by atoms with van der Waals surface area (Å²) in [5, 5.41) is 18.5. The molecule has 0 bridgehead atoms. The largest absolute Gasteiger partial charge is 0.496 e. The van der Waals surface area contributed by atoms with Gasteiger partial charge in [-0.15, -0.1) is 5.10 Å². The number of nitro groups is 1. The van der Waals surface area contributed by atoms with Gasteiger partial charge in [0.1, 0.15) is 5.75 Å². The van der Waals surface area contributed by atoms with Crippen molar-refractivity contribution in [3.05, 3.63) is 63.2 Å². The Morgan fingerprint density at radius 3 is 2.70 bits per heavy atom. The van der Waals surface area contributed by atoms with Gasteiger partial charge in [-0.05, 0) is 30.3 Å². The number of methoxy groups -OCH3 is 1. The summed E-state index contributed by atoms with van der Waals surface area (Å²) in [6.07, 6.45) is 0. The van der Waals surface area contributed by atoms with Crippen molar-refractivity contribution in [3.63, 3.8) is 0 Å². The number of Topliss-reactive ketones (excluding diaryl/α,β-unsaturated/α-hetero) is 1. The fraction of sp³-hybridized carbons (Fsp3) is 0.118. The molecule has 0 unspecified atom stereocenters. The van der Waals surface area contributed by atoms with Gasteiger partial charge >= 0.3 is 0 Å². The number of H-pyrrole nitrogens is 1. The first-order valence-corrected chi connectivity index (χ1v) is 9.01. The summed E-state index contributed by atoms with van der Waals surface area (Å²) in [5.74, 6) is 0.984. The van der Waals surface area contributed by atoms with Gasteiger partial charge in [0.25, 0.3) is 5.69 Å². The van der Waals surface area contributed by atoms with Crippen LogP contribution in [0.25, 0.3) is 11.4 Å². The van der Waals surface area contributed by atoms with E-state index in [1.807, 2.05) is 0 Å². The molecule has 0 fully saturated rings. The van der Waals surface area contributed by atoms with Crippen molar-refractivity contribution in [2.75, 3.05) is 12.9 Å². The van der Waals surface area contributed by atoms with Crippen molar-refractivity contribution < 1.29 is 14.5 Å². The molecule has 1 N–H and O–H groups in total. The van der Waals surface area contributed by atoms with Gasteiger partial charge in [-0.1, -0.05) is 23.4 Å². The van der Waals surface area contributed by atoms with Gasteiger partial charge in [0, 0.05) is 22.7 Å². The average Bonchev–Trinajstić information content (AvgIpc) is 3.15. The molecule has 0 spiro atoms. The third kappa shape index (κ3) is 4.44. The van der Waals surface area contributed by atoms with E-state index in [1.54, 1.807) is 25.3 Å². The molecule has 2 aromatic carbocycles. The zero-order valence-electron chi connectivity index (χ0n) is 14.0. The molecule has 0 radical (unpaired) electrons. The van der Waals surface area contributed by atoms with Gasteiger partial charge in [-0.3, -0.25) is 20.0 Å². The number of hydrogen-bond acceptors (Lipinski definition) is 7. The molecular formula is C17H13ClN4O4S. The van der Waals surface area contributed by atoms with E-state index in [0.717, 1.165) is 11.8 Å². The number of thioether (sulfide) groups is 1. The van der Waals surface area contributed by atoms with Gasteiger partial charge < -0.3 is 4.74 Å². The molecule has 3 rings (SSSR count). The van der Waals surface area contributed by atoms with Crippen molar-refractivity contribution >= 4 is 34.8 Å². The minimum Gasteiger partial charge on any atom is -0.496 e. The fourth-order valence-corrected chi connectivity index (χ4v) is 3.14. The average molecular weight is 405 g/mol. The molecule has 3 aromatic rings. The Hall–Kier alpha value is -2.91. The standard InChI is InChI=1S/C17H13ClN4O4S/c1-26-15-7-4-11(18)8-13(15)16-19-17(21-20-16)27-9-14(23)10-2-5-12(6-3-10)22(24)25/h2-8H,9H2,1H3,(H,19,20,21). The molecule has 0 saturated heterocycles. The third-order valence-corrected chi connectivity index (χ3v) is 4.70. The van der Waals surface area contributed by atoms with Gasteiger partial charge in [0.05, 0.1) is 23.3 Å². The van der Waals surface area contributed by atoms with Crippen LogP contribution in [0, 0.1) is 10.1 Å². The van der Waals surface area contributed by atoms with Gasteiger partial charge in [0.15, 0.2) is 11.6 Å². The number of ketones is 1. The Bertz CT molecular complexity index is 991. The molecule has 0 aliphatic carbocycles. The molecule has 0 aliphatic heterocycles. The van der Waals surface area contributed by atoms with E-state index in [0.29, 0.717) is 32.9 Å². The number of nitrogens with zero attached hydrogens (tertiary/aromatic N) is 3. The lowest BCUT2D eigenvalue weighted by Gasteiger charge is -2.05. The molecular weight excluding hydrogens is 392 g/mol. The van der Waals surface area contributed by atoms with Crippen LogP contribution in [0.4, 0.5) is 5.69 Å². The van der Waals surface area contributed by atoms with Crippen molar-refractivity contribution in [1.82, 2.24) is 15.2 Å². The number of carbonyl (C=O) groups excluding carboxylic acids is 1. The van der Waals surface area contributed by atoms with Gasteiger partial charge in [0.2, 0.25) is 5.16 Å². The Labute approximate surface area is 163 Å². The lowest BCUT2D eigenvalue weighted by atomic mass is 10.1. The second-order valence-corrected chi connectivity index (χ2v) is 6.71. The lowest BCUT2D eigenvalue weighted by Crippen LogP contribution is -2.02. The number of nitro benzene ring substituents is 1. The summed E-state index contributed by atoms with van der Waals surface area (Å²) in [6.45, 7) is 0. The van der Waals surface area contributed by atoms with Crippen molar-refractivity contribution in [2.45, 2.75) is 5.16 Å². The second-order valence-electron chi connectivity index (χ2n) is 5.33. The molecule has 0 aliphatic rings. The van der Waals surface area contributed by atoms with Crippen LogP contribution in [-0.2, 0) is 0 Å². The van der Waals surface area contributed by atoms with Crippen LogP contribution in [0.3, 0.4) is 0 Å². The highest BCUT2D eigenvalue weighted by molar-refractivity contribution is 7.99. The normalized spacial score (nSPS) is 10.6. The van der Waals surface area contributed by atoms with Crippen molar-refractivity contribution in [1.29, 1.82) is 0 Å². The lowest BCUT2D eigenvalue weighted by molar-refractivity contribution is -0.384. The maximum Gasteiger partial charge on any atom is 0.269 e. The Balaban J connectivity index is 1.68. The highest BCUT2D eigenvalue weighted by Crippen LogP contribution is 2.31. The number of aromatic amines is 1. The molecule has 10 heteroatoms. The summed E-state index contributed by atoms with van der Waals surface area (Å²) in [6, 6.07) is 10.6. The number of halogens is 1. The summed E-state index contributed by atoms with van der Waals surface area (Å²) in [5.41, 5.74) is 0.986. The van der Waals surface area contributed by atoms with Crippen LogP contribution in [0.1, 0.15) is 10.4 Å². The number of benzene rings is 2. The maximum atomic E-state index is 12.2. The summed E-state index contributed by atoms with van der Waals surface area (Å²) >= 11 is 7.18. The van der Waals surface area contributed by atoms with E-state index in [2.05, 4.69) is 15.2 Å². The van der Waals surface area contributed by atoms with Crippen LogP contribution in [0.2, 0.25) is 5.02 Å². The Kier molecular flexibility index (Phi) is 5.72. The van der Waals surface area contributed by atoms with Gasteiger partial charge in [-0.2, -0.15) is 0 Å². The van der Waals surface area contributed by atoms with E-state index in [4.69, 9.17) is 16.3 Å². The first kappa shape index (κ1) is 18.9. The number of rotatable bonds is 7.